The van der Waals surface area contributed by atoms with E-state index in [4.69, 9.17) is 5.73 Å². The molecule has 2 N–H and O–H groups in total. The van der Waals surface area contributed by atoms with Crippen molar-refractivity contribution < 1.29 is 8.42 Å². The van der Waals surface area contributed by atoms with Gasteiger partial charge in [0.2, 0.25) is 9.84 Å². The smallest absolute Gasteiger partial charge is 0.207 e. The molecular weight excluding hydrogens is 272 g/mol. The first-order chi connectivity index (χ1) is 9.44. The van der Waals surface area contributed by atoms with Crippen molar-refractivity contribution in [2.75, 3.05) is 19.0 Å². The lowest BCUT2D eigenvalue weighted by molar-refractivity contribution is 0.586. The molecule has 0 fully saturated rings. The minimum Gasteiger partial charge on any atom is -0.377 e. The second-order valence-electron chi connectivity index (χ2n) is 5.10. The highest BCUT2D eigenvalue weighted by atomic mass is 32.2. The van der Waals surface area contributed by atoms with Crippen molar-refractivity contribution >= 4 is 15.5 Å². The zero-order chi connectivity index (χ0) is 14.5. The Bertz CT molecular complexity index is 782. The lowest BCUT2D eigenvalue weighted by Crippen LogP contribution is -2.27. The second-order valence-corrected chi connectivity index (χ2v) is 6.99. The summed E-state index contributed by atoms with van der Waals surface area (Å²) in [6.07, 6.45) is 0. The molecule has 104 valence electrons. The van der Waals surface area contributed by atoms with E-state index >= 15 is 0 Å². The Hall–Kier alpha value is -1.85. The van der Waals surface area contributed by atoms with E-state index in [1.807, 2.05) is 31.1 Å². The highest BCUT2D eigenvalue weighted by Crippen LogP contribution is 2.42. The molecule has 1 atom stereocenters. The average molecular weight is 288 g/mol. The lowest BCUT2D eigenvalue weighted by atomic mass is 9.97. The molecule has 1 aliphatic rings. The van der Waals surface area contributed by atoms with E-state index in [0.717, 1.165) is 5.69 Å². The van der Waals surface area contributed by atoms with Crippen LogP contribution in [0.2, 0.25) is 0 Å². The summed E-state index contributed by atoms with van der Waals surface area (Å²) in [5.74, 6) is 0. The first kappa shape index (κ1) is 13.1. The average Bonchev–Trinajstić information content (AvgIpc) is 2.44. The lowest BCUT2D eigenvalue weighted by Gasteiger charge is -2.29. The SMILES string of the molecule is CN(C)c1cccc2c1C(N)c1ccccc1S2(=O)=O. The Morgan fingerprint density at radius 2 is 1.65 bits per heavy atom. The fraction of sp³-hybridized carbons (Fsp3) is 0.200. The maximum atomic E-state index is 12.7. The largest absolute Gasteiger partial charge is 0.377 e. The third-order valence-electron chi connectivity index (χ3n) is 3.67. The maximum absolute atomic E-state index is 12.7. The van der Waals surface area contributed by atoms with Crippen molar-refractivity contribution in [3.8, 4) is 0 Å². The van der Waals surface area contributed by atoms with Gasteiger partial charge in [-0.1, -0.05) is 24.3 Å². The molecule has 0 aromatic heterocycles. The van der Waals surface area contributed by atoms with E-state index < -0.39 is 15.9 Å². The molecule has 0 aliphatic carbocycles. The maximum Gasteiger partial charge on any atom is 0.207 e. The van der Waals surface area contributed by atoms with E-state index in [1.54, 1.807) is 30.3 Å². The Kier molecular flexibility index (Phi) is 2.84. The first-order valence-electron chi connectivity index (χ1n) is 6.34. The van der Waals surface area contributed by atoms with Gasteiger partial charge in [-0.25, -0.2) is 8.42 Å². The summed E-state index contributed by atoms with van der Waals surface area (Å²) in [4.78, 5) is 2.52. The van der Waals surface area contributed by atoms with Crippen LogP contribution < -0.4 is 10.6 Å². The zero-order valence-corrected chi connectivity index (χ0v) is 12.2. The van der Waals surface area contributed by atoms with E-state index in [0.29, 0.717) is 20.9 Å². The molecule has 0 saturated heterocycles. The van der Waals surface area contributed by atoms with Crippen LogP contribution in [0.25, 0.3) is 0 Å². The molecule has 0 amide bonds. The van der Waals surface area contributed by atoms with Crippen LogP contribution in [0.15, 0.2) is 52.3 Å². The number of benzene rings is 2. The van der Waals surface area contributed by atoms with Crippen LogP contribution >= 0.6 is 0 Å². The molecule has 5 heteroatoms. The summed E-state index contributed by atoms with van der Waals surface area (Å²) in [5.41, 5.74) is 8.51. The number of fused-ring (bicyclic) bond motifs is 2. The van der Waals surface area contributed by atoms with Crippen molar-refractivity contribution in [1.29, 1.82) is 0 Å². The van der Waals surface area contributed by atoms with Gasteiger partial charge in [-0.2, -0.15) is 0 Å². The standard InChI is InChI=1S/C15H16N2O2S/c1-17(2)11-7-5-9-13-14(11)15(16)10-6-3-4-8-12(10)20(13,18)19/h3-9,15H,16H2,1-2H3. The van der Waals surface area contributed by atoms with Crippen molar-refractivity contribution in [3.63, 3.8) is 0 Å². The molecule has 3 rings (SSSR count). The van der Waals surface area contributed by atoms with E-state index in [9.17, 15) is 8.42 Å². The van der Waals surface area contributed by atoms with Gasteiger partial charge in [0.05, 0.1) is 15.8 Å². The molecular formula is C15H16N2O2S. The summed E-state index contributed by atoms with van der Waals surface area (Å²) >= 11 is 0. The van der Waals surface area contributed by atoms with E-state index in [2.05, 4.69) is 0 Å². The molecule has 2 aromatic rings. The van der Waals surface area contributed by atoms with Crippen molar-refractivity contribution in [2.24, 2.45) is 5.73 Å². The molecule has 4 nitrogen and oxygen atoms in total. The van der Waals surface area contributed by atoms with Crippen LogP contribution in [0.3, 0.4) is 0 Å². The van der Waals surface area contributed by atoms with Gasteiger partial charge in [-0.3, -0.25) is 0 Å². The number of nitrogens with zero attached hydrogens (tertiary/aromatic N) is 1. The van der Waals surface area contributed by atoms with Crippen molar-refractivity contribution in [2.45, 2.75) is 15.8 Å². The predicted molar refractivity (Wildman–Crippen MR) is 78.7 cm³/mol. The third kappa shape index (κ3) is 1.67. The number of nitrogens with two attached hydrogens (primary N) is 1. The molecule has 0 radical (unpaired) electrons. The number of hydrogen-bond acceptors (Lipinski definition) is 4. The Labute approximate surface area is 118 Å². The van der Waals surface area contributed by atoms with Gasteiger partial charge in [0.15, 0.2) is 0 Å². The summed E-state index contributed by atoms with van der Waals surface area (Å²) in [5, 5.41) is 0. The van der Waals surface area contributed by atoms with Crippen LogP contribution in [0.1, 0.15) is 17.2 Å². The van der Waals surface area contributed by atoms with Crippen molar-refractivity contribution in [3.05, 3.63) is 53.6 Å². The topological polar surface area (TPSA) is 63.4 Å². The molecule has 1 aliphatic heterocycles. The monoisotopic (exact) mass is 288 g/mol. The van der Waals surface area contributed by atoms with Gasteiger partial charge in [0.1, 0.15) is 0 Å². The van der Waals surface area contributed by atoms with Gasteiger partial charge < -0.3 is 10.6 Å². The van der Waals surface area contributed by atoms with Crippen LogP contribution in [0.5, 0.6) is 0 Å². The molecule has 1 unspecified atom stereocenters. The number of anilines is 1. The molecule has 0 saturated carbocycles. The molecule has 0 bridgehead atoms. The minimum absolute atomic E-state index is 0.315. The quantitative estimate of drug-likeness (QED) is 0.871. The van der Waals surface area contributed by atoms with Crippen LogP contribution in [0.4, 0.5) is 5.69 Å². The summed E-state index contributed by atoms with van der Waals surface area (Å²) < 4.78 is 25.5. The van der Waals surface area contributed by atoms with E-state index in [-0.39, 0.29) is 0 Å². The summed E-state index contributed by atoms with van der Waals surface area (Å²) in [7, 11) is 0.272. The third-order valence-corrected chi connectivity index (χ3v) is 5.55. The van der Waals surface area contributed by atoms with Gasteiger partial charge in [0.25, 0.3) is 0 Å². The number of rotatable bonds is 1. The molecule has 1 heterocycles. The van der Waals surface area contributed by atoms with Crippen LogP contribution in [-0.2, 0) is 9.84 Å². The summed E-state index contributed by atoms with van der Waals surface area (Å²) in [6, 6.07) is 11.8. The number of sulfone groups is 1. The van der Waals surface area contributed by atoms with E-state index in [1.165, 1.54) is 0 Å². The Balaban J connectivity index is 2.41. The second kappa shape index (κ2) is 4.33. The van der Waals surface area contributed by atoms with Gasteiger partial charge >= 0.3 is 0 Å². The molecule has 20 heavy (non-hydrogen) atoms. The summed E-state index contributed by atoms with van der Waals surface area (Å²) in [6.45, 7) is 0. The molecule has 0 spiro atoms. The van der Waals surface area contributed by atoms with Crippen LogP contribution in [0, 0.1) is 0 Å². The van der Waals surface area contributed by atoms with Gasteiger partial charge in [0, 0.05) is 25.3 Å². The van der Waals surface area contributed by atoms with Crippen LogP contribution in [-0.4, -0.2) is 22.5 Å². The first-order valence-corrected chi connectivity index (χ1v) is 7.82. The predicted octanol–water partition coefficient (Wildman–Crippen LogP) is 1.95. The Morgan fingerprint density at radius 3 is 2.35 bits per heavy atom. The highest BCUT2D eigenvalue weighted by Gasteiger charge is 2.35. The van der Waals surface area contributed by atoms with Crippen molar-refractivity contribution in [1.82, 2.24) is 0 Å². The minimum atomic E-state index is -3.50. The van der Waals surface area contributed by atoms with Gasteiger partial charge in [-0.15, -0.1) is 0 Å². The fourth-order valence-electron chi connectivity index (χ4n) is 2.73. The fourth-order valence-corrected chi connectivity index (χ4v) is 4.50. The zero-order valence-electron chi connectivity index (χ0n) is 11.4. The normalized spacial score (nSPS) is 19.1. The van der Waals surface area contributed by atoms with Gasteiger partial charge in [-0.05, 0) is 23.8 Å². The highest BCUT2D eigenvalue weighted by molar-refractivity contribution is 7.91. The molecule has 2 aromatic carbocycles. The Morgan fingerprint density at radius 1 is 1.00 bits per heavy atom. The number of hydrogen-bond donors (Lipinski definition) is 1.